The molecule has 3 amide bonds. The predicted octanol–water partition coefficient (Wildman–Crippen LogP) is 3.74. The van der Waals surface area contributed by atoms with Crippen molar-refractivity contribution in [1.82, 2.24) is 5.32 Å². The second kappa shape index (κ2) is 7.83. The lowest BCUT2D eigenvalue weighted by atomic mass is 10.0. The fourth-order valence-corrected chi connectivity index (χ4v) is 2.97. The van der Waals surface area contributed by atoms with E-state index in [4.69, 9.17) is 0 Å². The molecule has 0 spiro atoms. The zero-order valence-electron chi connectivity index (χ0n) is 14.4. The summed E-state index contributed by atoms with van der Waals surface area (Å²) in [5.41, 5.74) is 2.79. The summed E-state index contributed by atoms with van der Waals surface area (Å²) < 4.78 is 0. The first-order valence-electron chi connectivity index (χ1n) is 8.64. The van der Waals surface area contributed by atoms with Gasteiger partial charge in [0.25, 0.3) is 0 Å². The zero-order chi connectivity index (χ0) is 17.6. The molecule has 5 heteroatoms. The van der Waals surface area contributed by atoms with E-state index in [1.165, 1.54) is 5.56 Å². The number of nitrogens with one attached hydrogen (secondary N) is 2. The molecule has 0 bridgehead atoms. The molecule has 5 nitrogen and oxygen atoms in total. The van der Waals surface area contributed by atoms with Crippen LogP contribution in [0.5, 0.6) is 0 Å². The molecule has 3 rings (SSSR count). The minimum Gasteiger partial charge on any atom is -0.337 e. The molecular formula is C20H23N3O2. The van der Waals surface area contributed by atoms with Crippen LogP contribution in [-0.2, 0) is 4.79 Å². The number of carbonyl (C=O) groups excluding carboxylic acids is 2. The molecule has 130 valence electrons. The maximum Gasteiger partial charge on any atom is 0.319 e. The van der Waals surface area contributed by atoms with E-state index in [0.29, 0.717) is 18.7 Å². The highest BCUT2D eigenvalue weighted by Gasteiger charge is 2.21. The van der Waals surface area contributed by atoms with E-state index in [2.05, 4.69) is 29.7 Å². The van der Waals surface area contributed by atoms with Crippen molar-refractivity contribution in [3.63, 3.8) is 0 Å². The highest BCUT2D eigenvalue weighted by atomic mass is 16.2. The van der Waals surface area contributed by atoms with Crippen molar-refractivity contribution in [2.75, 3.05) is 23.3 Å². The first-order valence-corrected chi connectivity index (χ1v) is 8.64. The van der Waals surface area contributed by atoms with Gasteiger partial charge in [-0.05, 0) is 42.2 Å². The molecule has 25 heavy (non-hydrogen) atoms. The highest BCUT2D eigenvalue weighted by molar-refractivity contribution is 5.96. The van der Waals surface area contributed by atoms with Gasteiger partial charge in [-0.25, -0.2) is 4.79 Å². The average Bonchev–Trinajstić information content (AvgIpc) is 3.07. The number of nitrogens with zero attached hydrogens (tertiary/aromatic N) is 1. The molecule has 2 aromatic rings. The molecule has 2 aromatic carbocycles. The van der Waals surface area contributed by atoms with Crippen LogP contribution in [0.2, 0.25) is 0 Å². The lowest BCUT2D eigenvalue weighted by Crippen LogP contribution is -2.31. The van der Waals surface area contributed by atoms with Crippen LogP contribution in [0.25, 0.3) is 0 Å². The number of rotatable bonds is 5. The van der Waals surface area contributed by atoms with E-state index < -0.39 is 0 Å². The molecule has 1 fully saturated rings. The standard InChI is InChI=1S/C20H23N3O2/c1-15(16-6-3-2-4-7-16)14-21-20(25)22-17-9-11-18(12-10-17)23-13-5-8-19(23)24/h2-4,6-7,9-12,15H,5,8,13-14H2,1H3,(H2,21,22,25)/t15-/m1/s1. The molecule has 0 radical (unpaired) electrons. The molecule has 0 unspecified atom stereocenters. The van der Waals surface area contributed by atoms with E-state index in [1.54, 1.807) is 4.90 Å². The van der Waals surface area contributed by atoms with Crippen molar-refractivity contribution in [1.29, 1.82) is 0 Å². The number of carbonyl (C=O) groups is 2. The predicted molar refractivity (Wildman–Crippen MR) is 99.9 cm³/mol. The lowest BCUT2D eigenvalue weighted by Gasteiger charge is -2.16. The molecule has 1 aliphatic rings. The van der Waals surface area contributed by atoms with Crippen LogP contribution in [0.1, 0.15) is 31.2 Å². The number of benzene rings is 2. The lowest BCUT2D eigenvalue weighted by molar-refractivity contribution is -0.117. The van der Waals surface area contributed by atoms with Crippen molar-refractivity contribution in [2.24, 2.45) is 0 Å². The molecule has 0 aromatic heterocycles. The Morgan fingerprint density at radius 3 is 2.48 bits per heavy atom. The van der Waals surface area contributed by atoms with Crippen LogP contribution in [0.4, 0.5) is 16.2 Å². The third kappa shape index (κ3) is 4.38. The smallest absolute Gasteiger partial charge is 0.319 e. The Morgan fingerprint density at radius 1 is 1.12 bits per heavy atom. The Kier molecular flexibility index (Phi) is 5.33. The van der Waals surface area contributed by atoms with Gasteiger partial charge in [-0.3, -0.25) is 4.79 Å². The number of anilines is 2. The van der Waals surface area contributed by atoms with E-state index in [0.717, 1.165) is 18.7 Å². The largest absolute Gasteiger partial charge is 0.337 e. The Bertz CT molecular complexity index is 728. The summed E-state index contributed by atoms with van der Waals surface area (Å²) in [6.45, 7) is 3.41. The summed E-state index contributed by atoms with van der Waals surface area (Å²) >= 11 is 0. The Hall–Kier alpha value is -2.82. The summed E-state index contributed by atoms with van der Waals surface area (Å²) in [6, 6.07) is 17.2. The van der Waals surface area contributed by atoms with E-state index in [9.17, 15) is 9.59 Å². The summed E-state index contributed by atoms with van der Waals surface area (Å²) in [5.74, 6) is 0.406. The maximum absolute atomic E-state index is 12.1. The molecule has 1 saturated heterocycles. The van der Waals surface area contributed by atoms with Gasteiger partial charge in [0, 0.05) is 30.9 Å². The third-order valence-corrected chi connectivity index (χ3v) is 4.45. The second-order valence-corrected chi connectivity index (χ2v) is 6.34. The van der Waals surface area contributed by atoms with Crippen molar-refractivity contribution >= 4 is 23.3 Å². The topological polar surface area (TPSA) is 61.4 Å². The highest BCUT2D eigenvalue weighted by Crippen LogP contribution is 2.23. The first kappa shape index (κ1) is 17.0. The molecule has 1 aliphatic heterocycles. The number of hydrogen-bond acceptors (Lipinski definition) is 2. The third-order valence-electron chi connectivity index (χ3n) is 4.45. The van der Waals surface area contributed by atoms with Crippen molar-refractivity contribution < 1.29 is 9.59 Å². The monoisotopic (exact) mass is 337 g/mol. The second-order valence-electron chi connectivity index (χ2n) is 6.34. The van der Waals surface area contributed by atoms with Gasteiger partial charge in [0.15, 0.2) is 0 Å². The quantitative estimate of drug-likeness (QED) is 0.873. The Balaban J connectivity index is 1.50. The maximum atomic E-state index is 12.1. The molecule has 0 aliphatic carbocycles. The van der Waals surface area contributed by atoms with Gasteiger partial charge in [0.05, 0.1) is 0 Å². The van der Waals surface area contributed by atoms with Gasteiger partial charge < -0.3 is 15.5 Å². The van der Waals surface area contributed by atoms with Crippen LogP contribution >= 0.6 is 0 Å². The van der Waals surface area contributed by atoms with Crippen LogP contribution < -0.4 is 15.5 Å². The molecule has 0 saturated carbocycles. The SMILES string of the molecule is C[C@H](CNC(=O)Nc1ccc(N2CCCC2=O)cc1)c1ccccc1. The molecule has 1 heterocycles. The van der Waals surface area contributed by atoms with Gasteiger partial charge >= 0.3 is 6.03 Å². The van der Waals surface area contributed by atoms with E-state index in [1.807, 2.05) is 42.5 Å². The number of urea groups is 1. The number of amides is 3. The van der Waals surface area contributed by atoms with Crippen LogP contribution in [0, 0.1) is 0 Å². The minimum absolute atomic E-state index is 0.161. The van der Waals surface area contributed by atoms with Gasteiger partial charge in [-0.15, -0.1) is 0 Å². The fraction of sp³-hybridized carbons (Fsp3) is 0.300. The van der Waals surface area contributed by atoms with Crippen LogP contribution in [0.15, 0.2) is 54.6 Å². The average molecular weight is 337 g/mol. The summed E-state index contributed by atoms with van der Waals surface area (Å²) in [7, 11) is 0. The van der Waals surface area contributed by atoms with Gasteiger partial charge in [0.1, 0.15) is 0 Å². The zero-order valence-corrected chi connectivity index (χ0v) is 14.4. The van der Waals surface area contributed by atoms with Gasteiger partial charge in [0.2, 0.25) is 5.91 Å². The van der Waals surface area contributed by atoms with Crippen molar-refractivity contribution in [3.8, 4) is 0 Å². The summed E-state index contributed by atoms with van der Waals surface area (Å²) in [5, 5.41) is 5.72. The molecule has 1 atom stereocenters. The van der Waals surface area contributed by atoms with E-state index in [-0.39, 0.29) is 17.9 Å². The minimum atomic E-state index is -0.229. The van der Waals surface area contributed by atoms with E-state index >= 15 is 0 Å². The normalized spacial score (nSPS) is 15.1. The Labute approximate surface area is 148 Å². The molecular weight excluding hydrogens is 314 g/mol. The van der Waals surface area contributed by atoms with Gasteiger partial charge in [-0.1, -0.05) is 37.3 Å². The fourth-order valence-electron chi connectivity index (χ4n) is 2.97. The Morgan fingerprint density at radius 2 is 1.84 bits per heavy atom. The van der Waals surface area contributed by atoms with Crippen molar-refractivity contribution in [2.45, 2.75) is 25.7 Å². The van der Waals surface area contributed by atoms with Crippen LogP contribution in [-0.4, -0.2) is 25.0 Å². The first-order chi connectivity index (χ1) is 12.1. The summed E-state index contributed by atoms with van der Waals surface area (Å²) in [6.07, 6.45) is 1.52. The van der Waals surface area contributed by atoms with Crippen LogP contribution in [0.3, 0.4) is 0 Å². The number of hydrogen-bond donors (Lipinski definition) is 2. The molecule has 2 N–H and O–H groups in total. The summed E-state index contributed by atoms with van der Waals surface area (Å²) in [4.78, 5) is 25.6. The van der Waals surface area contributed by atoms with Crippen molar-refractivity contribution in [3.05, 3.63) is 60.2 Å². The van der Waals surface area contributed by atoms with Gasteiger partial charge in [-0.2, -0.15) is 0 Å².